The first-order valence-electron chi connectivity index (χ1n) is 9.52. The number of rotatable bonds is 2. The summed E-state index contributed by atoms with van der Waals surface area (Å²) in [6, 6.07) is 0. The number of ether oxygens (including phenoxy) is 2. The van der Waals surface area contributed by atoms with E-state index in [0.29, 0.717) is 17.8 Å². The van der Waals surface area contributed by atoms with Gasteiger partial charge in [0.2, 0.25) is 5.79 Å². The van der Waals surface area contributed by atoms with Crippen LogP contribution in [-0.4, -0.2) is 32.3 Å². The van der Waals surface area contributed by atoms with Crippen molar-refractivity contribution < 1.29 is 23.7 Å². The summed E-state index contributed by atoms with van der Waals surface area (Å²) in [4.78, 5) is 12.0. The van der Waals surface area contributed by atoms with E-state index in [1.807, 2.05) is 6.92 Å². The minimum atomic E-state index is -1.71. The summed E-state index contributed by atoms with van der Waals surface area (Å²) in [5, 5.41) is 0. The molecule has 0 aromatic heterocycles. The van der Waals surface area contributed by atoms with E-state index in [9.17, 15) is 0 Å². The highest BCUT2D eigenvalue weighted by Crippen LogP contribution is 2.60. The molecular formula is C18H32O5Si. The summed E-state index contributed by atoms with van der Waals surface area (Å²) < 4.78 is 19.1. The lowest BCUT2D eigenvalue weighted by Gasteiger charge is -2.60. The minimum Gasteiger partial charge on any atom is -0.393 e. The third-order valence-corrected chi connectivity index (χ3v) is 7.51. The molecule has 4 saturated heterocycles. The second kappa shape index (κ2) is 5.51. The lowest BCUT2D eigenvalue weighted by atomic mass is 9.58. The topological polar surface area (TPSA) is 46.2 Å². The van der Waals surface area contributed by atoms with E-state index >= 15 is 0 Å². The van der Waals surface area contributed by atoms with E-state index in [1.165, 1.54) is 6.42 Å². The van der Waals surface area contributed by atoms with Gasteiger partial charge in [0.25, 0.3) is 0 Å². The van der Waals surface area contributed by atoms with Gasteiger partial charge in [0, 0.05) is 18.3 Å². The Morgan fingerprint density at radius 1 is 1.00 bits per heavy atom. The largest absolute Gasteiger partial charge is 0.393 e. The van der Waals surface area contributed by atoms with Crippen LogP contribution in [0.15, 0.2) is 0 Å². The van der Waals surface area contributed by atoms with E-state index in [-0.39, 0.29) is 12.2 Å². The zero-order valence-electron chi connectivity index (χ0n) is 15.8. The molecule has 1 saturated carbocycles. The Bertz CT molecular complexity index is 508. The molecule has 0 aromatic rings. The highest BCUT2D eigenvalue weighted by molar-refractivity contribution is 6.69. The molecule has 0 amide bonds. The molecule has 8 atom stereocenters. The van der Waals surface area contributed by atoms with Crippen LogP contribution in [0.4, 0.5) is 0 Å². The van der Waals surface area contributed by atoms with Crippen LogP contribution in [0, 0.1) is 23.7 Å². The summed E-state index contributed by atoms with van der Waals surface area (Å²) in [5.74, 6) is 0.934. The lowest BCUT2D eigenvalue weighted by Crippen LogP contribution is -2.70. The van der Waals surface area contributed by atoms with Crippen molar-refractivity contribution >= 4 is 8.32 Å². The summed E-state index contributed by atoms with van der Waals surface area (Å²) in [7, 11) is -1.71. The van der Waals surface area contributed by atoms with Crippen LogP contribution in [0.2, 0.25) is 19.6 Å². The zero-order chi connectivity index (χ0) is 17.3. The molecule has 138 valence electrons. The molecule has 6 heteroatoms. The molecule has 5 aliphatic rings. The molecular weight excluding hydrogens is 324 g/mol. The molecule has 1 spiro atoms. The van der Waals surface area contributed by atoms with Crippen LogP contribution in [0.25, 0.3) is 0 Å². The quantitative estimate of drug-likeness (QED) is 0.552. The highest BCUT2D eigenvalue weighted by atomic mass is 28.4. The molecule has 0 N–H and O–H groups in total. The summed E-state index contributed by atoms with van der Waals surface area (Å²) in [5.41, 5.74) is -0.480. The Kier molecular flexibility index (Phi) is 4.00. The monoisotopic (exact) mass is 356 g/mol. The summed E-state index contributed by atoms with van der Waals surface area (Å²) in [6.07, 6.45) is 3.67. The van der Waals surface area contributed by atoms with Crippen molar-refractivity contribution in [2.24, 2.45) is 23.7 Å². The van der Waals surface area contributed by atoms with Crippen molar-refractivity contribution in [2.75, 3.05) is 0 Å². The SMILES string of the molecule is C[C@H]1[C@H](O[Si](C)(C)C)O[C@@H]2OC3(C)CC[C@H]4[C@H](C)CC[C@@H]1[C@@]24OO3. The van der Waals surface area contributed by atoms with E-state index in [0.717, 1.165) is 19.3 Å². The molecule has 4 aliphatic heterocycles. The van der Waals surface area contributed by atoms with Gasteiger partial charge in [0.05, 0.1) is 0 Å². The van der Waals surface area contributed by atoms with Gasteiger partial charge in [-0.1, -0.05) is 13.8 Å². The van der Waals surface area contributed by atoms with Gasteiger partial charge >= 0.3 is 0 Å². The number of fused-ring (bicyclic) bond motifs is 2. The maximum atomic E-state index is 6.42. The van der Waals surface area contributed by atoms with Crippen LogP contribution in [0.1, 0.15) is 46.5 Å². The Hall–Kier alpha value is 0.0169. The molecule has 0 radical (unpaired) electrons. The van der Waals surface area contributed by atoms with Crippen LogP contribution in [-0.2, 0) is 23.7 Å². The minimum absolute atomic E-state index is 0.210. The van der Waals surface area contributed by atoms with E-state index < -0.39 is 26.0 Å². The van der Waals surface area contributed by atoms with Crippen LogP contribution in [0.3, 0.4) is 0 Å². The van der Waals surface area contributed by atoms with E-state index in [4.69, 9.17) is 23.7 Å². The van der Waals surface area contributed by atoms with Crippen molar-refractivity contribution in [3.8, 4) is 0 Å². The fourth-order valence-corrected chi connectivity index (χ4v) is 6.32. The van der Waals surface area contributed by atoms with Crippen molar-refractivity contribution in [3.63, 3.8) is 0 Å². The maximum Gasteiger partial charge on any atom is 0.201 e. The van der Waals surface area contributed by atoms with Gasteiger partial charge in [0.1, 0.15) is 0 Å². The molecule has 1 unspecified atom stereocenters. The van der Waals surface area contributed by atoms with Gasteiger partial charge in [-0.2, -0.15) is 0 Å². The summed E-state index contributed by atoms with van der Waals surface area (Å²) in [6.45, 7) is 13.2. The Balaban J connectivity index is 1.72. The summed E-state index contributed by atoms with van der Waals surface area (Å²) >= 11 is 0. The van der Waals surface area contributed by atoms with Crippen molar-refractivity contribution in [3.05, 3.63) is 0 Å². The third kappa shape index (κ3) is 2.53. The smallest absolute Gasteiger partial charge is 0.201 e. The number of hydrogen-bond acceptors (Lipinski definition) is 5. The lowest BCUT2D eigenvalue weighted by molar-refractivity contribution is -0.576. The maximum absolute atomic E-state index is 6.42. The normalized spacial score (nSPS) is 54.2. The van der Waals surface area contributed by atoms with Gasteiger partial charge in [0.15, 0.2) is 26.5 Å². The molecule has 1 aliphatic carbocycles. The fraction of sp³-hybridized carbons (Fsp3) is 1.00. The van der Waals surface area contributed by atoms with E-state index in [1.54, 1.807) is 0 Å². The van der Waals surface area contributed by atoms with Crippen LogP contribution >= 0.6 is 0 Å². The van der Waals surface area contributed by atoms with Crippen molar-refractivity contribution in [1.29, 1.82) is 0 Å². The van der Waals surface area contributed by atoms with Crippen LogP contribution in [0.5, 0.6) is 0 Å². The first-order chi connectivity index (χ1) is 11.1. The van der Waals surface area contributed by atoms with Gasteiger partial charge in [-0.25, -0.2) is 9.78 Å². The predicted molar refractivity (Wildman–Crippen MR) is 91.3 cm³/mol. The number of hydrogen-bond donors (Lipinski definition) is 0. The first-order valence-corrected chi connectivity index (χ1v) is 12.9. The Morgan fingerprint density at radius 2 is 1.75 bits per heavy atom. The first kappa shape index (κ1) is 17.4. The van der Waals surface area contributed by atoms with Crippen LogP contribution < -0.4 is 0 Å². The molecule has 0 aromatic carbocycles. The van der Waals surface area contributed by atoms with Gasteiger partial charge in [-0.15, -0.1) is 0 Å². The van der Waals surface area contributed by atoms with Gasteiger partial charge in [-0.3, -0.25) is 0 Å². The standard InChI is InChI=1S/C18H32O5Si/c1-11-7-8-14-12(2)15(21-24(4,5)6)19-16-18(14)13(11)9-10-17(3,20-16)22-23-18/h11-16H,7-10H2,1-6H3/t11-,12-,13+,14+,15+,16-,17?,18-/m1/s1. The second-order valence-electron chi connectivity index (χ2n) is 9.50. The molecule has 24 heavy (non-hydrogen) atoms. The third-order valence-electron chi connectivity index (χ3n) is 6.57. The fourth-order valence-electron chi connectivity index (χ4n) is 5.36. The zero-order valence-corrected chi connectivity index (χ0v) is 16.8. The molecule has 5 rings (SSSR count). The average molecular weight is 357 g/mol. The van der Waals surface area contributed by atoms with E-state index in [2.05, 4.69) is 33.5 Å². The van der Waals surface area contributed by atoms with Gasteiger partial charge in [-0.05, 0) is 57.7 Å². The molecule has 5 fully saturated rings. The average Bonchev–Trinajstić information content (AvgIpc) is 2.69. The van der Waals surface area contributed by atoms with Gasteiger partial charge < -0.3 is 13.9 Å². The second-order valence-corrected chi connectivity index (χ2v) is 14.0. The highest BCUT2D eigenvalue weighted by Gasteiger charge is 2.69. The van der Waals surface area contributed by atoms with Crippen molar-refractivity contribution in [2.45, 2.75) is 90.1 Å². The predicted octanol–water partition coefficient (Wildman–Crippen LogP) is 4.05. The molecule has 5 nitrogen and oxygen atoms in total. The molecule has 2 bridgehead atoms. The molecule has 4 heterocycles. The van der Waals surface area contributed by atoms with Crippen molar-refractivity contribution in [1.82, 2.24) is 0 Å². The Labute approximate surface area is 146 Å². The Morgan fingerprint density at radius 3 is 2.46 bits per heavy atom.